The molecule has 0 unspecified atom stereocenters. The number of benzene rings is 1. The Balaban J connectivity index is 3.30. The van der Waals surface area contributed by atoms with Crippen LogP contribution in [0.1, 0.15) is 10.4 Å². The highest BCUT2D eigenvalue weighted by atomic mass is 35.5. The van der Waals surface area contributed by atoms with Crippen molar-refractivity contribution in [2.24, 2.45) is 4.99 Å². The van der Waals surface area contributed by atoms with Crippen molar-refractivity contribution in [2.75, 3.05) is 0 Å². The van der Waals surface area contributed by atoms with E-state index in [1.165, 1.54) is 12.1 Å². The van der Waals surface area contributed by atoms with Crippen LogP contribution in [0.2, 0.25) is 5.02 Å². The molecule has 0 aliphatic rings. The molecule has 0 saturated heterocycles. The van der Waals surface area contributed by atoms with Gasteiger partial charge in [-0.25, -0.2) is 9.79 Å². The Morgan fingerprint density at radius 1 is 1.64 bits per heavy atom. The van der Waals surface area contributed by atoms with Crippen LogP contribution in [0.3, 0.4) is 0 Å². The molecule has 0 saturated carbocycles. The van der Waals surface area contributed by atoms with Gasteiger partial charge in [-0.2, -0.15) is 5.26 Å². The topological polar surface area (TPSA) is 73.5 Å². The lowest BCUT2D eigenvalue weighted by Crippen LogP contribution is -1.97. The number of halogens is 1. The summed E-state index contributed by atoms with van der Waals surface area (Å²) in [5, 5.41) is 17.2. The fraction of sp³-hybridized carbons (Fsp3) is 0. The van der Waals surface area contributed by atoms with Gasteiger partial charge in [0.1, 0.15) is 17.8 Å². The highest BCUT2D eigenvalue weighted by Gasteiger charge is 2.12. The van der Waals surface area contributed by atoms with E-state index in [4.69, 9.17) is 22.0 Å². The minimum Gasteiger partial charge on any atom is -0.478 e. The molecule has 0 aliphatic heterocycles. The van der Waals surface area contributed by atoms with Gasteiger partial charge in [0.25, 0.3) is 0 Å². The maximum absolute atomic E-state index is 10.8. The van der Waals surface area contributed by atoms with Crippen LogP contribution in [0.15, 0.2) is 23.2 Å². The van der Waals surface area contributed by atoms with E-state index in [2.05, 4.69) is 4.99 Å². The molecule has 0 radical (unpaired) electrons. The number of carboxylic acids is 1. The molecule has 0 spiro atoms. The van der Waals surface area contributed by atoms with Crippen LogP contribution in [0.25, 0.3) is 0 Å². The monoisotopic (exact) mass is 208 g/mol. The number of aliphatic imine (C=N–C) groups is 1. The highest BCUT2D eigenvalue weighted by molar-refractivity contribution is 6.34. The van der Waals surface area contributed by atoms with Crippen LogP contribution in [-0.4, -0.2) is 17.3 Å². The Labute approximate surface area is 85.1 Å². The van der Waals surface area contributed by atoms with E-state index in [0.29, 0.717) is 0 Å². The van der Waals surface area contributed by atoms with Gasteiger partial charge in [-0.15, -0.1) is 0 Å². The van der Waals surface area contributed by atoms with Crippen LogP contribution >= 0.6 is 11.6 Å². The van der Waals surface area contributed by atoms with E-state index < -0.39 is 5.97 Å². The smallest absolute Gasteiger partial charge is 0.339 e. The van der Waals surface area contributed by atoms with Gasteiger partial charge in [0.2, 0.25) is 0 Å². The molecule has 70 valence electrons. The number of aromatic carboxylic acids is 1. The van der Waals surface area contributed by atoms with E-state index in [0.717, 1.165) is 6.21 Å². The number of carboxylic acid groups (broad SMARTS) is 1. The Kier molecular flexibility index (Phi) is 3.21. The molecule has 4 nitrogen and oxygen atoms in total. The van der Waals surface area contributed by atoms with Gasteiger partial charge in [-0.3, -0.25) is 0 Å². The zero-order valence-electron chi connectivity index (χ0n) is 6.94. The Bertz CT molecular complexity index is 435. The molecule has 1 rings (SSSR count). The standard InChI is InChI=1S/C9H5ClN2O2/c10-6-2-1-3-7(12-5-4-11)8(6)9(13)14/h1-3,5H,(H,13,14). The summed E-state index contributed by atoms with van der Waals surface area (Å²) < 4.78 is 0. The molecule has 1 N–H and O–H groups in total. The molecule has 5 heteroatoms. The van der Waals surface area contributed by atoms with Crippen molar-refractivity contribution in [1.82, 2.24) is 0 Å². The first-order valence-corrected chi connectivity index (χ1v) is 3.98. The maximum Gasteiger partial charge on any atom is 0.339 e. The Morgan fingerprint density at radius 3 is 2.93 bits per heavy atom. The summed E-state index contributed by atoms with van der Waals surface area (Å²) in [7, 11) is 0. The van der Waals surface area contributed by atoms with Gasteiger partial charge >= 0.3 is 5.97 Å². The molecular weight excluding hydrogens is 204 g/mol. The molecule has 0 atom stereocenters. The van der Waals surface area contributed by atoms with Gasteiger partial charge in [-0.05, 0) is 12.1 Å². The Morgan fingerprint density at radius 2 is 2.36 bits per heavy atom. The van der Waals surface area contributed by atoms with E-state index in [1.807, 2.05) is 0 Å². The zero-order chi connectivity index (χ0) is 10.6. The molecule has 1 aromatic rings. The second-order valence-corrected chi connectivity index (χ2v) is 2.73. The molecule has 0 aliphatic carbocycles. The van der Waals surface area contributed by atoms with Gasteiger partial charge in [0.15, 0.2) is 0 Å². The van der Waals surface area contributed by atoms with Gasteiger partial charge in [0.05, 0.1) is 10.7 Å². The lowest BCUT2D eigenvalue weighted by molar-refractivity contribution is 0.0698. The molecular formula is C9H5ClN2O2. The quantitative estimate of drug-likeness (QED) is 0.758. The summed E-state index contributed by atoms with van der Waals surface area (Å²) in [5.74, 6) is -1.17. The van der Waals surface area contributed by atoms with Crippen molar-refractivity contribution in [2.45, 2.75) is 0 Å². The maximum atomic E-state index is 10.8. The first-order valence-electron chi connectivity index (χ1n) is 3.60. The average Bonchev–Trinajstić information content (AvgIpc) is 2.14. The molecule has 1 aromatic carbocycles. The number of nitrogens with zero attached hydrogens (tertiary/aromatic N) is 2. The van der Waals surface area contributed by atoms with Crippen molar-refractivity contribution >= 4 is 29.5 Å². The van der Waals surface area contributed by atoms with Crippen LogP contribution in [0.4, 0.5) is 5.69 Å². The van der Waals surface area contributed by atoms with E-state index in [1.54, 1.807) is 12.1 Å². The Hall–Kier alpha value is -1.86. The molecule has 0 heterocycles. The summed E-state index contributed by atoms with van der Waals surface area (Å²) in [5.41, 5.74) is 0.0761. The molecule has 0 amide bonds. The first kappa shape index (κ1) is 10.2. The molecule has 0 aromatic heterocycles. The normalized spacial score (nSPS) is 10.0. The van der Waals surface area contributed by atoms with Crippen LogP contribution in [0, 0.1) is 11.3 Å². The SMILES string of the molecule is N#CC=Nc1cccc(Cl)c1C(=O)O. The number of hydrogen-bond donors (Lipinski definition) is 1. The lowest BCUT2D eigenvalue weighted by Gasteiger charge is -2.01. The number of rotatable bonds is 2. The first-order chi connectivity index (χ1) is 6.66. The molecule has 0 bridgehead atoms. The van der Waals surface area contributed by atoms with Gasteiger partial charge in [-0.1, -0.05) is 17.7 Å². The lowest BCUT2D eigenvalue weighted by atomic mass is 10.2. The summed E-state index contributed by atoms with van der Waals surface area (Å²) in [6, 6.07) is 6.17. The fourth-order valence-corrected chi connectivity index (χ4v) is 1.18. The second-order valence-electron chi connectivity index (χ2n) is 2.33. The van der Waals surface area contributed by atoms with Crippen molar-refractivity contribution < 1.29 is 9.90 Å². The van der Waals surface area contributed by atoms with Crippen LogP contribution < -0.4 is 0 Å². The largest absolute Gasteiger partial charge is 0.478 e. The molecule has 14 heavy (non-hydrogen) atoms. The fourth-order valence-electron chi connectivity index (χ4n) is 0.930. The third-order valence-corrected chi connectivity index (χ3v) is 1.78. The van der Waals surface area contributed by atoms with Gasteiger partial charge in [0, 0.05) is 0 Å². The summed E-state index contributed by atoms with van der Waals surface area (Å²) in [6.45, 7) is 0. The highest BCUT2D eigenvalue weighted by Crippen LogP contribution is 2.26. The van der Waals surface area contributed by atoms with Crippen molar-refractivity contribution in [3.05, 3.63) is 28.8 Å². The average molecular weight is 209 g/mol. The van der Waals surface area contributed by atoms with E-state index in [-0.39, 0.29) is 16.3 Å². The predicted molar refractivity (Wildman–Crippen MR) is 52.2 cm³/mol. The summed E-state index contributed by atoms with van der Waals surface area (Å²) >= 11 is 5.67. The third kappa shape index (κ3) is 2.09. The third-order valence-electron chi connectivity index (χ3n) is 1.47. The van der Waals surface area contributed by atoms with Crippen LogP contribution in [-0.2, 0) is 0 Å². The summed E-state index contributed by atoms with van der Waals surface area (Å²) in [6.07, 6.45) is 0.956. The molecule has 0 fully saturated rings. The van der Waals surface area contributed by atoms with Crippen molar-refractivity contribution in [3.8, 4) is 6.07 Å². The van der Waals surface area contributed by atoms with Crippen molar-refractivity contribution in [3.63, 3.8) is 0 Å². The summed E-state index contributed by atoms with van der Waals surface area (Å²) in [4.78, 5) is 14.4. The number of carbonyl (C=O) groups is 1. The zero-order valence-corrected chi connectivity index (χ0v) is 7.69. The number of nitriles is 1. The van der Waals surface area contributed by atoms with Gasteiger partial charge < -0.3 is 5.11 Å². The van der Waals surface area contributed by atoms with E-state index >= 15 is 0 Å². The van der Waals surface area contributed by atoms with E-state index in [9.17, 15) is 4.79 Å². The predicted octanol–water partition coefficient (Wildman–Crippen LogP) is 2.26. The number of hydrogen-bond acceptors (Lipinski definition) is 3. The van der Waals surface area contributed by atoms with Crippen LogP contribution in [0.5, 0.6) is 0 Å². The van der Waals surface area contributed by atoms with Crippen molar-refractivity contribution in [1.29, 1.82) is 5.26 Å². The minimum absolute atomic E-state index is 0.0966. The minimum atomic E-state index is -1.17. The second kappa shape index (κ2) is 4.40.